The van der Waals surface area contributed by atoms with Gasteiger partial charge in [-0.2, -0.15) is 4.98 Å². The number of anilines is 2. The van der Waals surface area contributed by atoms with E-state index in [4.69, 9.17) is 21.9 Å². The summed E-state index contributed by atoms with van der Waals surface area (Å²) in [6.45, 7) is 2.15. The third-order valence-corrected chi connectivity index (χ3v) is 6.49. The summed E-state index contributed by atoms with van der Waals surface area (Å²) in [5.41, 5.74) is 3.69. The predicted molar refractivity (Wildman–Crippen MR) is 141 cm³/mol. The molecule has 10 heteroatoms. The molecule has 0 radical (unpaired) electrons. The first-order chi connectivity index (χ1) is 17.2. The van der Waals surface area contributed by atoms with Crippen LogP contribution in [0, 0.1) is 0 Å². The van der Waals surface area contributed by atoms with Crippen LogP contribution in [-0.2, 0) is 19.6 Å². The third-order valence-electron chi connectivity index (χ3n) is 5.43. The number of aromatic nitrogens is 4. The molecular formula is C25H23N7OS2. The van der Waals surface area contributed by atoms with E-state index >= 15 is 0 Å². The van der Waals surface area contributed by atoms with E-state index in [9.17, 15) is 0 Å². The molecule has 2 aromatic heterocycles. The molecule has 1 aliphatic rings. The van der Waals surface area contributed by atoms with Crippen molar-refractivity contribution in [2.45, 2.75) is 29.8 Å². The fourth-order valence-electron chi connectivity index (χ4n) is 3.68. The Hall–Kier alpha value is -3.76. The van der Waals surface area contributed by atoms with Crippen molar-refractivity contribution in [1.29, 1.82) is 0 Å². The van der Waals surface area contributed by atoms with Crippen LogP contribution in [0.3, 0.4) is 0 Å². The number of hydrogen-bond acceptors (Lipinski definition) is 8. The van der Waals surface area contributed by atoms with Gasteiger partial charge in [-0.1, -0.05) is 36.4 Å². The number of methoxy groups -OCH3 is 1. The molecule has 5 rings (SSSR count). The maximum Gasteiger partial charge on any atom is 0.232 e. The number of nitrogens with one attached hydrogen (secondary N) is 2. The quantitative estimate of drug-likeness (QED) is 0.215. The highest BCUT2D eigenvalue weighted by molar-refractivity contribution is 7.99. The standard InChI is InChI=1S/C25H23N7OS2/c1-33-20-9-7-17(8-10-20)14-28-24(34)31-23-29-21(32-15-18-5-2-3-6-19(18)16-32)13-22(30-23)35-25-26-11-4-12-27-25/h2-13H,14-16H2,1H3,(H2,28,29,30,31,34). The van der Waals surface area contributed by atoms with Crippen molar-refractivity contribution in [3.05, 3.63) is 89.7 Å². The second-order valence-electron chi connectivity index (χ2n) is 7.80. The van der Waals surface area contributed by atoms with Crippen molar-refractivity contribution in [2.75, 3.05) is 17.3 Å². The highest BCUT2D eigenvalue weighted by atomic mass is 32.2. The van der Waals surface area contributed by atoms with E-state index in [2.05, 4.69) is 54.8 Å². The van der Waals surface area contributed by atoms with Gasteiger partial charge < -0.3 is 20.3 Å². The van der Waals surface area contributed by atoms with Crippen molar-refractivity contribution in [3.63, 3.8) is 0 Å². The summed E-state index contributed by atoms with van der Waals surface area (Å²) in [6.07, 6.45) is 3.43. The van der Waals surface area contributed by atoms with Gasteiger partial charge in [0.25, 0.3) is 0 Å². The summed E-state index contributed by atoms with van der Waals surface area (Å²) < 4.78 is 5.21. The molecule has 3 heterocycles. The summed E-state index contributed by atoms with van der Waals surface area (Å²) in [7, 11) is 1.65. The summed E-state index contributed by atoms with van der Waals surface area (Å²) in [5.74, 6) is 2.05. The smallest absolute Gasteiger partial charge is 0.232 e. The van der Waals surface area contributed by atoms with E-state index in [0.717, 1.165) is 35.2 Å². The molecule has 0 fully saturated rings. The SMILES string of the molecule is COc1ccc(CNC(=S)Nc2nc(Sc3ncccn3)cc(N3Cc4ccccc4C3)n2)cc1. The van der Waals surface area contributed by atoms with Gasteiger partial charge in [0.1, 0.15) is 16.6 Å². The van der Waals surface area contributed by atoms with Crippen LogP contribution >= 0.6 is 24.0 Å². The Bertz CT molecular complexity index is 1290. The summed E-state index contributed by atoms with van der Waals surface area (Å²) in [6, 6.07) is 20.0. The Balaban J connectivity index is 1.33. The van der Waals surface area contributed by atoms with Crippen LogP contribution in [0.4, 0.5) is 11.8 Å². The number of benzene rings is 2. The molecule has 2 aromatic carbocycles. The zero-order chi connectivity index (χ0) is 24.0. The average Bonchev–Trinajstić information content (AvgIpc) is 3.33. The molecule has 0 bridgehead atoms. The fourth-order valence-corrected chi connectivity index (χ4v) is 4.56. The first-order valence-electron chi connectivity index (χ1n) is 11.0. The van der Waals surface area contributed by atoms with Crippen molar-refractivity contribution in [1.82, 2.24) is 25.3 Å². The first-order valence-corrected chi connectivity index (χ1v) is 12.2. The minimum Gasteiger partial charge on any atom is -0.497 e. The number of ether oxygens (including phenoxy) is 1. The van der Waals surface area contributed by atoms with E-state index in [1.54, 1.807) is 25.6 Å². The molecule has 0 unspecified atom stereocenters. The summed E-state index contributed by atoms with van der Waals surface area (Å²) >= 11 is 6.90. The molecule has 8 nitrogen and oxygen atoms in total. The summed E-state index contributed by atoms with van der Waals surface area (Å²) in [4.78, 5) is 20.3. The maximum atomic E-state index is 5.52. The van der Waals surface area contributed by atoms with Crippen LogP contribution in [0.1, 0.15) is 16.7 Å². The lowest BCUT2D eigenvalue weighted by molar-refractivity contribution is 0.414. The van der Waals surface area contributed by atoms with Crippen LogP contribution in [0.5, 0.6) is 5.75 Å². The van der Waals surface area contributed by atoms with Crippen LogP contribution in [0.25, 0.3) is 0 Å². The Morgan fingerprint density at radius 3 is 2.40 bits per heavy atom. The zero-order valence-corrected chi connectivity index (χ0v) is 20.6. The van der Waals surface area contributed by atoms with Gasteiger partial charge >= 0.3 is 0 Å². The highest BCUT2D eigenvalue weighted by Crippen LogP contribution is 2.31. The number of rotatable bonds is 7. The Morgan fingerprint density at radius 2 is 1.71 bits per heavy atom. The van der Waals surface area contributed by atoms with Gasteiger partial charge in [0.15, 0.2) is 10.3 Å². The fraction of sp³-hybridized carbons (Fsp3) is 0.160. The van der Waals surface area contributed by atoms with Crippen molar-refractivity contribution in [3.8, 4) is 5.75 Å². The molecule has 0 aliphatic carbocycles. The van der Waals surface area contributed by atoms with Gasteiger partial charge in [-0.05, 0) is 58.9 Å². The van der Waals surface area contributed by atoms with Crippen LogP contribution < -0.4 is 20.3 Å². The molecule has 176 valence electrons. The molecule has 0 spiro atoms. The Kier molecular flexibility index (Phi) is 7.01. The van der Waals surface area contributed by atoms with Gasteiger partial charge in [0.2, 0.25) is 5.95 Å². The monoisotopic (exact) mass is 501 g/mol. The predicted octanol–water partition coefficient (Wildman–Crippen LogP) is 4.43. The van der Waals surface area contributed by atoms with Crippen LogP contribution in [0.15, 0.2) is 83.2 Å². The van der Waals surface area contributed by atoms with Gasteiger partial charge in [-0.15, -0.1) is 0 Å². The minimum atomic E-state index is 0.420. The second-order valence-corrected chi connectivity index (χ2v) is 9.20. The molecule has 0 atom stereocenters. The molecule has 35 heavy (non-hydrogen) atoms. The van der Waals surface area contributed by atoms with E-state index in [1.807, 2.05) is 30.3 Å². The third kappa shape index (κ3) is 5.84. The van der Waals surface area contributed by atoms with E-state index in [-0.39, 0.29) is 0 Å². The summed E-state index contributed by atoms with van der Waals surface area (Å²) in [5, 5.41) is 8.14. The van der Waals surface area contributed by atoms with Crippen LogP contribution in [-0.4, -0.2) is 32.2 Å². The lowest BCUT2D eigenvalue weighted by Crippen LogP contribution is -2.29. The molecular weight excluding hydrogens is 478 g/mol. The van der Waals surface area contributed by atoms with E-state index in [1.165, 1.54) is 22.9 Å². The molecule has 0 amide bonds. The van der Waals surface area contributed by atoms with Gasteiger partial charge in [-0.25, -0.2) is 15.0 Å². The molecule has 0 saturated carbocycles. The molecule has 0 saturated heterocycles. The average molecular weight is 502 g/mol. The van der Waals surface area contributed by atoms with Gasteiger partial charge in [0.05, 0.1) is 7.11 Å². The van der Waals surface area contributed by atoms with Gasteiger partial charge in [0, 0.05) is 38.1 Å². The molecule has 4 aromatic rings. The lowest BCUT2D eigenvalue weighted by Gasteiger charge is -2.18. The number of fused-ring (bicyclic) bond motifs is 1. The van der Waals surface area contributed by atoms with Crippen molar-refractivity contribution >= 4 is 40.9 Å². The Labute approximate surface area is 213 Å². The van der Waals surface area contributed by atoms with E-state index < -0.39 is 0 Å². The van der Waals surface area contributed by atoms with Gasteiger partial charge in [-0.3, -0.25) is 0 Å². The van der Waals surface area contributed by atoms with E-state index in [0.29, 0.717) is 22.8 Å². The number of thiocarbonyl (C=S) groups is 1. The second kappa shape index (κ2) is 10.7. The largest absolute Gasteiger partial charge is 0.497 e. The zero-order valence-electron chi connectivity index (χ0n) is 19.0. The first kappa shape index (κ1) is 23.0. The molecule has 2 N–H and O–H groups in total. The van der Waals surface area contributed by atoms with Crippen molar-refractivity contribution in [2.24, 2.45) is 0 Å². The maximum absolute atomic E-state index is 5.52. The Morgan fingerprint density at radius 1 is 1.00 bits per heavy atom. The van der Waals surface area contributed by atoms with Crippen molar-refractivity contribution < 1.29 is 4.74 Å². The number of nitrogens with zero attached hydrogens (tertiary/aromatic N) is 5. The lowest BCUT2D eigenvalue weighted by atomic mass is 10.1. The highest BCUT2D eigenvalue weighted by Gasteiger charge is 2.21. The number of hydrogen-bond donors (Lipinski definition) is 2. The minimum absolute atomic E-state index is 0.420. The molecule has 1 aliphatic heterocycles. The normalized spacial score (nSPS) is 12.2. The topological polar surface area (TPSA) is 88.1 Å². The van der Waals surface area contributed by atoms with Crippen LogP contribution in [0.2, 0.25) is 0 Å².